The Kier molecular flexibility index (Phi) is 6.90. The Labute approximate surface area is 162 Å². The van der Waals surface area contributed by atoms with Gasteiger partial charge in [-0.05, 0) is 72.3 Å². The van der Waals surface area contributed by atoms with Crippen LogP contribution in [0.4, 0.5) is 0 Å². The van der Waals surface area contributed by atoms with Crippen molar-refractivity contribution in [3.05, 3.63) is 23.3 Å². The molecule has 2 N–H and O–H groups in total. The Morgan fingerprint density at radius 3 is 2.63 bits per heavy atom. The van der Waals surface area contributed by atoms with Crippen LogP contribution in [0.5, 0.6) is 0 Å². The highest BCUT2D eigenvalue weighted by Gasteiger charge is 2.53. The number of rotatable bonds is 7. The van der Waals surface area contributed by atoms with E-state index in [0.29, 0.717) is 23.8 Å². The van der Waals surface area contributed by atoms with Crippen LogP contribution in [0.1, 0.15) is 66.2 Å². The van der Waals surface area contributed by atoms with Crippen LogP contribution in [-0.4, -0.2) is 35.4 Å². The molecule has 0 aliphatic heterocycles. The van der Waals surface area contributed by atoms with E-state index in [0.717, 1.165) is 37.7 Å². The lowest BCUT2D eigenvalue weighted by molar-refractivity contribution is -0.140. The van der Waals surface area contributed by atoms with Crippen molar-refractivity contribution in [1.29, 1.82) is 0 Å². The van der Waals surface area contributed by atoms with E-state index in [4.69, 9.17) is 9.84 Å². The fourth-order valence-electron chi connectivity index (χ4n) is 5.43. The van der Waals surface area contributed by atoms with Crippen molar-refractivity contribution in [2.75, 3.05) is 13.2 Å². The maximum Gasteiger partial charge on any atom is 0.328 e. The van der Waals surface area contributed by atoms with Crippen molar-refractivity contribution in [2.45, 2.75) is 66.2 Å². The second-order valence-electron chi connectivity index (χ2n) is 8.80. The molecule has 0 aromatic rings. The topological polar surface area (TPSA) is 83.8 Å². The van der Waals surface area contributed by atoms with E-state index in [-0.39, 0.29) is 24.0 Å². The van der Waals surface area contributed by atoms with Gasteiger partial charge in [0.05, 0.1) is 6.61 Å². The minimum absolute atomic E-state index is 0.0147. The van der Waals surface area contributed by atoms with E-state index < -0.39 is 11.9 Å². The van der Waals surface area contributed by atoms with E-state index in [2.05, 4.69) is 26.8 Å². The largest absolute Gasteiger partial charge is 0.478 e. The minimum atomic E-state index is -1.01. The first-order chi connectivity index (χ1) is 12.6. The summed E-state index contributed by atoms with van der Waals surface area (Å²) in [6.45, 7) is 8.40. The van der Waals surface area contributed by atoms with Gasteiger partial charge >= 0.3 is 11.9 Å². The summed E-state index contributed by atoms with van der Waals surface area (Å²) in [5.41, 5.74) is 1.88. The molecule has 0 saturated heterocycles. The van der Waals surface area contributed by atoms with Gasteiger partial charge in [0.2, 0.25) is 0 Å². The van der Waals surface area contributed by atoms with E-state index in [1.807, 2.05) is 0 Å². The molecule has 2 rings (SSSR count). The molecule has 1 fully saturated rings. The monoisotopic (exact) mass is 378 g/mol. The Hall–Kier alpha value is -1.62. The van der Waals surface area contributed by atoms with Gasteiger partial charge in [0.1, 0.15) is 6.61 Å². The number of aliphatic hydroxyl groups is 1. The van der Waals surface area contributed by atoms with E-state index >= 15 is 0 Å². The summed E-state index contributed by atoms with van der Waals surface area (Å²) < 4.78 is 5.05. The number of hydrogen-bond donors (Lipinski definition) is 2. The fourth-order valence-corrected chi connectivity index (χ4v) is 5.43. The molecule has 4 atom stereocenters. The van der Waals surface area contributed by atoms with Crippen molar-refractivity contribution >= 4 is 11.9 Å². The number of ether oxygens (including phenoxy) is 1. The van der Waals surface area contributed by atoms with Crippen LogP contribution < -0.4 is 0 Å². The molecule has 27 heavy (non-hydrogen) atoms. The molecule has 0 radical (unpaired) electrons. The summed E-state index contributed by atoms with van der Waals surface area (Å²) in [7, 11) is 0. The normalized spacial score (nSPS) is 33.8. The van der Waals surface area contributed by atoms with Gasteiger partial charge < -0.3 is 14.9 Å². The molecular weight excluding hydrogens is 344 g/mol. The summed E-state index contributed by atoms with van der Waals surface area (Å²) in [4.78, 5) is 22.3. The van der Waals surface area contributed by atoms with Crippen molar-refractivity contribution < 1.29 is 24.5 Å². The summed E-state index contributed by atoms with van der Waals surface area (Å²) in [6, 6.07) is 0. The van der Waals surface area contributed by atoms with Gasteiger partial charge in [0, 0.05) is 13.0 Å². The van der Waals surface area contributed by atoms with Crippen LogP contribution >= 0.6 is 0 Å². The molecular formula is C22H34O5. The van der Waals surface area contributed by atoms with Crippen molar-refractivity contribution in [1.82, 2.24) is 0 Å². The number of fused-ring (bicyclic) bond motifs is 1. The third kappa shape index (κ3) is 4.63. The van der Waals surface area contributed by atoms with Crippen LogP contribution in [0.2, 0.25) is 0 Å². The SMILES string of the molecule is CC(=O)OC/C(=C\C(=O)O)CC[C@@]1(C)[C@H](C)CC[C@@]2(C)C(CO)=CCC[C@H]12. The number of aliphatic hydroxyl groups excluding tert-OH is 1. The minimum Gasteiger partial charge on any atom is -0.478 e. The third-order valence-corrected chi connectivity index (χ3v) is 7.31. The van der Waals surface area contributed by atoms with Crippen molar-refractivity contribution in [3.63, 3.8) is 0 Å². The van der Waals surface area contributed by atoms with E-state index in [9.17, 15) is 14.7 Å². The molecule has 5 nitrogen and oxygen atoms in total. The quantitative estimate of drug-likeness (QED) is 0.396. The molecule has 152 valence electrons. The van der Waals surface area contributed by atoms with E-state index in [1.54, 1.807) is 0 Å². The summed E-state index contributed by atoms with van der Waals surface area (Å²) in [6.07, 6.45) is 9.13. The molecule has 0 aromatic heterocycles. The average Bonchev–Trinajstić information content (AvgIpc) is 2.60. The number of allylic oxidation sites excluding steroid dienone is 1. The number of hydrogen-bond acceptors (Lipinski definition) is 4. The molecule has 0 amide bonds. The second kappa shape index (κ2) is 8.59. The van der Waals surface area contributed by atoms with Crippen molar-refractivity contribution in [3.8, 4) is 0 Å². The summed E-state index contributed by atoms with van der Waals surface area (Å²) >= 11 is 0. The number of carboxylic acid groups (broad SMARTS) is 1. The molecule has 5 heteroatoms. The summed E-state index contributed by atoms with van der Waals surface area (Å²) in [5, 5.41) is 19.0. The Balaban J connectivity index is 2.22. The van der Waals surface area contributed by atoms with Crippen LogP contribution in [0.3, 0.4) is 0 Å². The average molecular weight is 379 g/mol. The van der Waals surface area contributed by atoms with Gasteiger partial charge in [-0.15, -0.1) is 0 Å². The molecule has 0 unspecified atom stereocenters. The lowest BCUT2D eigenvalue weighted by atomic mass is 9.47. The number of carbonyl (C=O) groups is 2. The standard InChI is InChI=1S/C22H34O5/c1-15-8-10-22(4)18(13-23)6-5-7-19(22)21(15,3)11-9-17(12-20(25)26)14-27-16(2)24/h6,12,15,19,23H,5,7-11,13-14H2,1-4H3,(H,25,26)/b17-12-/t15-,19-,21+,22+/m1/s1. The predicted octanol–water partition coefficient (Wildman–Crippen LogP) is 4.11. The van der Waals surface area contributed by atoms with Gasteiger partial charge in [-0.3, -0.25) is 4.79 Å². The van der Waals surface area contributed by atoms with Crippen LogP contribution in [0.15, 0.2) is 23.3 Å². The molecule has 0 heterocycles. The first-order valence-corrected chi connectivity index (χ1v) is 9.99. The maximum absolute atomic E-state index is 11.2. The zero-order chi connectivity index (χ0) is 20.2. The van der Waals surface area contributed by atoms with Gasteiger partial charge in [0.25, 0.3) is 0 Å². The molecule has 1 saturated carbocycles. The second-order valence-corrected chi connectivity index (χ2v) is 8.80. The first kappa shape index (κ1) is 21.7. The Morgan fingerprint density at radius 1 is 1.33 bits per heavy atom. The zero-order valence-electron chi connectivity index (χ0n) is 17.1. The third-order valence-electron chi connectivity index (χ3n) is 7.31. The van der Waals surface area contributed by atoms with Gasteiger partial charge in [-0.2, -0.15) is 0 Å². The lowest BCUT2D eigenvalue weighted by Gasteiger charge is -2.58. The number of esters is 1. The van der Waals surface area contributed by atoms with Gasteiger partial charge in [-0.1, -0.05) is 26.8 Å². The van der Waals surface area contributed by atoms with Crippen molar-refractivity contribution in [2.24, 2.45) is 22.7 Å². The predicted molar refractivity (Wildman–Crippen MR) is 104 cm³/mol. The molecule has 0 aromatic carbocycles. The van der Waals surface area contributed by atoms with Gasteiger partial charge in [0.15, 0.2) is 0 Å². The molecule has 2 aliphatic carbocycles. The number of aliphatic carboxylic acids is 1. The molecule has 0 bridgehead atoms. The van der Waals surface area contributed by atoms with Crippen LogP contribution in [-0.2, 0) is 14.3 Å². The Morgan fingerprint density at radius 2 is 2.04 bits per heavy atom. The lowest BCUT2D eigenvalue weighted by Crippen LogP contribution is -2.50. The fraction of sp³-hybridized carbons (Fsp3) is 0.727. The van der Waals surface area contributed by atoms with Gasteiger partial charge in [-0.25, -0.2) is 4.79 Å². The smallest absolute Gasteiger partial charge is 0.328 e. The molecule has 2 aliphatic rings. The highest BCUT2D eigenvalue weighted by Crippen LogP contribution is 2.61. The number of carboxylic acids is 1. The first-order valence-electron chi connectivity index (χ1n) is 9.99. The Bertz CT molecular complexity index is 635. The van der Waals surface area contributed by atoms with Crippen LogP contribution in [0, 0.1) is 22.7 Å². The highest BCUT2D eigenvalue weighted by molar-refractivity contribution is 5.80. The maximum atomic E-state index is 11.2. The number of carbonyl (C=O) groups excluding carboxylic acids is 1. The summed E-state index contributed by atoms with van der Waals surface area (Å²) in [5.74, 6) is -0.428. The molecule has 0 spiro atoms. The van der Waals surface area contributed by atoms with Crippen LogP contribution in [0.25, 0.3) is 0 Å². The highest BCUT2D eigenvalue weighted by atomic mass is 16.5. The van der Waals surface area contributed by atoms with E-state index in [1.165, 1.54) is 13.0 Å². The zero-order valence-corrected chi connectivity index (χ0v) is 17.1.